The first-order valence-electron chi connectivity index (χ1n) is 9.62. The molecule has 0 atom stereocenters. The van der Waals surface area contributed by atoms with E-state index in [0.29, 0.717) is 5.56 Å². The molecule has 2 nitrogen and oxygen atoms in total. The first-order chi connectivity index (χ1) is 14.5. The molecule has 4 rings (SSSR count). The van der Waals surface area contributed by atoms with E-state index in [2.05, 4.69) is 63.1 Å². The summed E-state index contributed by atoms with van der Waals surface area (Å²) in [6.07, 6.45) is 8.00. The van der Waals surface area contributed by atoms with Gasteiger partial charge in [-0.1, -0.05) is 66.4 Å². The smallest absolute Gasteiger partial charge is 0.338 e. The van der Waals surface area contributed by atoms with E-state index < -0.39 is 0 Å². The first kappa shape index (κ1) is 21.5. The van der Waals surface area contributed by atoms with Crippen LogP contribution in [0.4, 0.5) is 0 Å². The van der Waals surface area contributed by atoms with E-state index in [9.17, 15) is 4.79 Å². The molecule has 0 unspecified atom stereocenters. The van der Waals surface area contributed by atoms with Gasteiger partial charge in [0.15, 0.2) is 0 Å². The molecule has 4 aromatic rings. The van der Waals surface area contributed by atoms with Crippen LogP contribution in [0.15, 0.2) is 70.5 Å². The van der Waals surface area contributed by atoms with Gasteiger partial charge in [0.1, 0.15) is 0 Å². The van der Waals surface area contributed by atoms with E-state index in [-0.39, 0.29) is 5.97 Å². The standard InChI is InChI=1S/C25H22O2S.C2H2/c1-15-13-18-9-5-7-11-20(18)23(16(15)2)28-24-17(3)22(25(26)27-4)14-19-10-6-8-12-21(19)24;1-2/h5-14H,1-4H3;1-2H. The van der Waals surface area contributed by atoms with Crippen molar-refractivity contribution in [3.8, 4) is 12.8 Å². The van der Waals surface area contributed by atoms with Gasteiger partial charge < -0.3 is 4.74 Å². The van der Waals surface area contributed by atoms with Crippen molar-refractivity contribution in [2.24, 2.45) is 0 Å². The second-order valence-corrected chi connectivity index (χ2v) is 8.08. The molecule has 0 aliphatic heterocycles. The number of ether oxygens (including phenoxy) is 1. The van der Waals surface area contributed by atoms with Gasteiger partial charge in [0, 0.05) is 9.79 Å². The molecule has 0 amide bonds. The van der Waals surface area contributed by atoms with Crippen LogP contribution in [0.1, 0.15) is 27.0 Å². The van der Waals surface area contributed by atoms with Crippen LogP contribution in [0.3, 0.4) is 0 Å². The molecule has 3 heteroatoms. The van der Waals surface area contributed by atoms with Gasteiger partial charge in [0.25, 0.3) is 0 Å². The second kappa shape index (κ2) is 9.07. The largest absolute Gasteiger partial charge is 0.465 e. The SMILES string of the molecule is C#C.COC(=O)c1cc2ccccc2c(Sc2c(C)c(C)cc3ccccc23)c1C. The number of carbonyl (C=O) groups excluding carboxylic acids is 1. The summed E-state index contributed by atoms with van der Waals surface area (Å²) in [4.78, 5) is 14.7. The maximum Gasteiger partial charge on any atom is 0.338 e. The van der Waals surface area contributed by atoms with Crippen molar-refractivity contribution < 1.29 is 9.53 Å². The van der Waals surface area contributed by atoms with Crippen LogP contribution in [0.5, 0.6) is 0 Å². The van der Waals surface area contributed by atoms with E-state index in [4.69, 9.17) is 4.74 Å². The molecule has 0 aliphatic rings. The summed E-state index contributed by atoms with van der Waals surface area (Å²) in [5, 5.41) is 4.68. The Kier molecular flexibility index (Phi) is 6.50. The summed E-state index contributed by atoms with van der Waals surface area (Å²) in [6.45, 7) is 6.34. The quantitative estimate of drug-likeness (QED) is 0.265. The number of esters is 1. The molecule has 0 saturated heterocycles. The minimum Gasteiger partial charge on any atom is -0.465 e. The number of methoxy groups -OCH3 is 1. The van der Waals surface area contributed by atoms with Crippen LogP contribution in [-0.4, -0.2) is 13.1 Å². The van der Waals surface area contributed by atoms with E-state index in [1.54, 1.807) is 11.8 Å². The Hall–Kier alpha value is -3.22. The number of hydrogen-bond donors (Lipinski definition) is 0. The fourth-order valence-electron chi connectivity index (χ4n) is 3.66. The lowest BCUT2D eigenvalue weighted by atomic mass is 10.0. The average molecular weight is 413 g/mol. The number of hydrogen-bond acceptors (Lipinski definition) is 3. The zero-order valence-corrected chi connectivity index (χ0v) is 18.5. The zero-order chi connectivity index (χ0) is 21.8. The Morgan fingerprint density at radius 3 is 1.87 bits per heavy atom. The van der Waals surface area contributed by atoms with Crippen LogP contribution in [0.25, 0.3) is 21.5 Å². The van der Waals surface area contributed by atoms with E-state index >= 15 is 0 Å². The lowest BCUT2D eigenvalue weighted by Crippen LogP contribution is -2.05. The van der Waals surface area contributed by atoms with Gasteiger partial charge in [-0.15, -0.1) is 12.8 Å². The molecule has 0 aliphatic carbocycles. The summed E-state index contributed by atoms with van der Waals surface area (Å²) >= 11 is 1.75. The molecule has 0 saturated carbocycles. The zero-order valence-electron chi connectivity index (χ0n) is 17.7. The van der Waals surface area contributed by atoms with Crippen molar-refractivity contribution >= 4 is 39.3 Å². The molecular weight excluding hydrogens is 388 g/mol. The molecule has 0 fully saturated rings. The molecule has 0 N–H and O–H groups in total. The van der Waals surface area contributed by atoms with E-state index in [1.807, 2.05) is 31.2 Å². The summed E-state index contributed by atoms with van der Waals surface area (Å²) in [7, 11) is 1.43. The van der Waals surface area contributed by atoms with Gasteiger partial charge in [-0.2, -0.15) is 0 Å². The lowest BCUT2D eigenvalue weighted by Gasteiger charge is -2.17. The van der Waals surface area contributed by atoms with Crippen molar-refractivity contribution in [3.05, 3.63) is 82.9 Å². The highest BCUT2D eigenvalue weighted by molar-refractivity contribution is 8.00. The molecule has 0 heterocycles. The van der Waals surface area contributed by atoms with Gasteiger partial charge >= 0.3 is 5.97 Å². The molecule has 0 bridgehead atoms. The Balaban J connectivity index is 0.00000124. The highest BCUT2D eigenvalue weighted by Crippen LogP contribution is 2.43. The highest BCUT2D eigenvalue weighted by Gasteiger charge is 2.18. The maximum atomic E-state index is 12.4. The monoisotopic (exact) mass is 412 g/mol. The summed E-state index contributed by atoms with van der Waals surface area (Å²) in [6, 6.07) is 20.9. The summed E-state index contributed by atoms with van der Waals surface area (Å²) < 4.78 is 5.04. The molecule has 4 aromatic carbocycles. The minimum absolute atomic E-state index is 0.295. The topological polar surface area (TPSA) is 26.3 Å². The number of benzene rings is 4. The van der Waals surface area contributed by atoms with Crippen LogP contribution in [0, 0.1) is 33.6 Å². The predicted octanol–water partition coefficient (Wildman–Crippen LogP) is 7.11. The van der Waals surface area contributed by atoms with Crippen molar-refractivity contribution in [1.29, 1.82) is 0 Å². The third-order valence-electron chi connectivity index (χ3n) is 5.37. The summed E-state index contributed by atoms with van der Waals surface area (Å²) in [5.74, 6) is -0.295. The highest BCUT2D eigenvalue weighted by atomic mass is 32.2. The first-order valence-corrected chi connectivity index (χ1v) is 10.4. The van der Waals surface area contributed by atoms with E-state index in [1.165, 1.54) is 33.9 Å². The maximum absolute atomic E-state index is 12.4. The van der Waals surface area contributed by atoms with Crippen LogP contribution >= 0.6 is 11.8 Å². The van der Waals surface area contributed by atoms with Gasteiger partial charge in [-0.25, -0.2) is 4.79 Å². The Morgan fingerprint density at radius 2 is 1.30 bits per heavy atom. The van der Waals surface area contributed by atoms with Crippen LogP contribution in [0.2, 0.25) is 0 Å². The average Bonchev–Trinajstić information content (AvgIpc) is 2.78. The number of terminal acetylenes is 1. The predicted molar refractivity (Wildman–Crippen MR) is 127 cm³/mol. The molecule has 0 aromatic heterocycles. The fraction of sp³-hybridized carbons (Fsp3) is 0.148. The summed E-state index contributed by atoms with van der Waals surface area (Å²) in [5.41, 5.74) is 4.13. The van der Waals surface area contributed by atoms with Crippen molar-refractivity contribution in [3.63, 3.8) is 0 Å². The van der Waals surface area contributed by atoms with Gasteiger partial charge in [0.05, 0.1) is 12.7 Å². The minimum atomic E-state index is -0.295. The fourth-order valence-corrected chi connectivity index (χ4v) is 5.03. The third-order valence-corrected chi connectivity index (χ3v) is 6.83. The number of aryl methyl sites for hydroxylation is 1. The Bertz CT molecular complexity index is 1270. The second-order valence-electron chi connectivity index (χ2n) is 7.06. The molecule has 30 heavy (non-hydrogen) atoms. The van der Waals surface area contributed by atoms with Gasteiger partial charge in [0.2, 0.25) is 0 Å². The number of rotatable bonds is 3. The number of carbonyl (C=O) groups is 1. The molecule has 0 radical (unpaired) electrons. The molecule has 150 valence electrons. The van der Waals surface area contributed by atoms with Gasteiger partial charge in [-0.05, 0) is 65.1 Å². The van der Waals surface area contributed by atoms with Gasteiger partial charge in [-0.3, -0.25) is 0 Å². The lowest BCUT2D eigenvalue weighted by molar-refractivity contribution is 0.0600. The number of fused-ring (bicyclic) bond motifs is 2. The molecule has 0 spiro atoms. The third kappa shape index (κ3) is 3.79. The molecular formula is C27H24O2S. The normalized spacial score (nSPS) is 10.5. The van der Waals surface area contributed by atoms with E-state index in [0.717, 1.165) is 21.2 Å². The van der Waals surface area contributed by atoms with Crippen molar-refractivity contribution in [2.45, 2.75) is 30.6 Å². The van der Waals surface area contributed by atoms with Crippen LogP contribution < -0.4 is 0 Å². The van der Waals surface area contributed by atoms with Crippen molar-refractivity contribution in [1.82, 2.24) is 0 Å². The Morgan fingerprint density at radius 1 is 0.800 bits per heavy atom. The van der Waals surface area contributed by atoms with Crippen LogP contribution in [-0.2, 0) is 4.74 Å². The van der Waals surface area contributed by atoms with Crippen molar-refractivity contribution in [2.75, 3.05) is 7.11 Å². The Labute approximate surface area is 182 Å².